The molecule has 2 aliphatic rings. The first-order chi connectivity index (χ1) is 29.4. The second kappa shape index (κ2) is 15.8. The zero-order valence-corrected chi connectivity index (χ0v) is 35.2. The number of pyridine rings is 2. The maximum absolute atomic E-state index is 13.3. The standard InChI is InChI=1S/C22H21ClN6O2.C22H20ClN5O2/c1-11(28-20-18-14(21(30)24-2)9-25-19(18)26-10-27-20)16-8-12-4-3-5-15(23)17(12)22(31)29(16)13-6-7-13;1-11(27-21-19-15(12(2)29)9-24-20(19)25-10-26-21)17-8-13-4-3-5-16(23)18(13)22(30)28(17)14-6-7-14/h3-5,8-11,13H,6-7H2,1-2H3,(H,24,30)(H2,25,26,27,28);3-5,8-11,14H,6-7H2,1-2H3,(H2,24,25,26,27)/t2*11-/m00/s1. The second-order valence-corrected chi connectivity index (χ2v) is 16.3. The number of fused-ring (bicyclic) bond motifs is 4. The van der Waals surface area contributed by atoms with Crippen LogP contribution in [0.2, 0.25) is 10.0 Å². The Hall–Kier alpha value is -6.58. The van der Waals surface area contributed by atoms with Crippen molar-refractivity contribution < 1.29 is 9.59 Å². The van der Waals surface area contributed by atoms with Crippen LogP contribution in [-0.4, -0.2) is 57.8 Å². The number of amides is 1. The number of nitrogens with one attached hydrogen (secondary N) is 5. The number of carbonyl (C=O) groups excluding carboxylic acids is 2. The molecule has 6 aromatic heterocycles. The summed E-state index contributed by atoms with van der Waals surface area (Å²) in [4.78, 5) is 74.2. The first kappa shape index (κ1) is 39.9. The highest BCUT2D eigenvalue weighted by Gasteiger charge is 2.31. The minimum Gasteiger partial charge on any atom is -0.361 e. The largest absolute Gasteiger partial charge is 0.361 e. The lowest BCUT2D eigenvalue weighted by Gasteiger charge is -2.21. The summed E-state index contributed by atoms with van der Waals surface area (Å²) >= 11 is 12.7. The van der Waals surface area contributed by atoms with E-state index in [1.54, 1.807) is 31.6 Å². The molecule has 0 saturated heterocycles. The molecular weight excluding hydrogens is 817 g/mol. The molecule has 1 amide bonds. The molecule has 2 atom stereocenters. The van der Waals surface area contributed by atoms with Gasteiger partial charge < -0.3 is 35.1 Å². The summed E-state index contributed by atoms with van der Waals surface area (Å²) < 4.78 is 3.70. The Bertz CT molecular complexity index is 3180. The highest BCUT2D eigenvalue weighted by atomic mass is 35.5. The fraction of sp³-hybridized carbons (Fsp3) is 0.273. The van der Waals surface area contributed by atoms with E-state index in [2.05, 4.69) is 45.9 Å². The zero-order valence-electron chi connectivity index (χ0n) is 33.6. The van der Waals surface area contributed by atoms with Crippen LogP contribution < -0.4 is 27.1 Å². The molecule has 0 spiro atoms. The molecule has 2 aromatic carbocycles. The van der Waals surface area contributed by atoms with Gasteiger partial charge in [0.1, 0.15) is 35.6 Å². The van der Waals surface area contributed by atoms with E-state index in [1.807, 2.05) is 59.4 Å². The Morgan fingerprint density at radius 2 is 1.13 bits per heavy atom. The van der Waals surface area contributed by atoms with Crippen LogP contribution in [-0.2, 0) is 0 Å². The lowest BCUT2D eigenvalue weighted by Crippen LogP contribution is -2.26. The Kier molecular flexibility index (Phi) is 10.3. The summed E-state index contributed by atoms with van der Waals surface area (Å²) in [5, 5.41) is 14.3. The molecule has 5 N–H and O–H groups in total. The van der Waals surface area contributed by atoms with Crippen LogP contribution in [0.3, 0.4) is 0 Å². The number of hydrogen-bond donors (Lipinski definition) is 5. The number of H-pyrrole nitrogens is 2. The molecule has 0 radical (unpaired) electrons. The number of nitrogens with zero attached hydrogens (tertiary/aromatic N) is 6. The molecule has 8 aromatic rings. The number of aromatic amines is 2. The SMILES string of the molecule is CC(=O)c1c[nH]c2ncnc(N[C@@H](C)c3cc4cccc(Cl)c4c(=O)n3C3CC3)c12.CNC(=O)c1c[nH]c2ncnc(N[C@@H](C)c3cc4cccc(Cl)c4c(=O)n3C3CC3)c12. The van der Waals surface area contributed by atoms with Crippen molar-refractivity contribution in [3.05, 3.63) is 127 Å². The molecule has 2 fully saturated rings. The van der Waals surface area contributed by atoms with Gasteiger partial charge in [-0.1, -0.05) is 47.5 Å². The van der Waals surface area contributed by atoms with Gasteiger partial charge in [-0.2, -0.15) is 0 Å². The van der Waals surface area contributed by atoms with Gasteiger partial charge >= 0.3 is 0 Å². The van der Waals surface area contributed by atoms with E-state index in [0.29, 0.717) is 65.6 Å². The number of Topliss-reactive ketones (excluding diaryl/α,β-unsaturated/α-hetero) is 1. The maximum atomic E-state index is 13.3. The van der Waals surface area contributed by atoms with Gasteiger partial charge in [0, 0.05) is 48.5 Å². The molecule has 0 aliphatic heterocycles. The normalized spacial score (nSPS) is 14.8. The fourth-order valence-corrected chi connectivity index (χ4v) is 8.61. The summed E-state index contributed by atoms with van der Waals surface area (Å²) in [6.45, 7) is 5.48. The number of benzene rings is 2. The van der Waals surface area contributed by atoms with E-state index in [-0.39, 0.29) is 47.0 Å². The quantitative estimate of drug-likeness (QED) is 0.0833. The molecule has 0 unspecified atom stereocenters. The van der Waals surface area contributed by atoms with Crippen LogP contribution in [0.4, 0.5) is 11.6 Å². The third-order valence-electron chi connectivity index (χ3n) is 11.3. The molecule has 2 aliphatic carbocycles. The van der Waals surface area contributed by atoms with Crippen LogP contribution in [0.25, 0.3) is 43.6 Å². The van der Waals surface area contributed by atoms with Crippen molar-refractivity contribution in [2.45, 2.75) is 70.6 Å². The van der Waals surface area contributed by atoms with Gasteiger partial charge in [-0.25, -0.2) is 19.9 Å². The minimum atomic E-state index is -0.248. The average Bonchev–Trinajstić information content (AvgIpc) is 4.18. The summed E-state index contributed by atoms with van der Waals surface area (Å²) in [5.41, 5.74) is 3.72. The maximum Gasteiger partial charge on any atom is 0.260 e. The monoisotopic (exact) mass is 857 g/mol. The van der Waals surface area contributed by atoms with E-state index in [4.69, 9.17) is 23.2 Å². The van der Waals surface area contributed by atoms with Gasteiger partial charge in [0.15, 0.2) is 5.78 Å². The van der Waals surface area contributed by atoms with Crippen molar-refractivity contribution in [2.24, 2.45) is 0 Å². The van der Waals surface area contributed by atoms with Crippen LogP contribution >= 0.6 is 23.2 Å². The fourth-order valence-electron chi connectivity index (χ4n) is 8.09. The summed E-state index contributed by atoms with van der Waals surface area (Å²) in [6.07, 6.45) is 10.0. The third-order valence-corrected chi connectivity index (χ3v) is 12.0. The summed E-state index contributed by atoms with van der Waals surface area (Å²) in [5.74, 6) is 0.784. The van der Waals surface area contributed by atoms with E-state index in [0.717, 1.165) is 47.8 Å². The molecule has 310 valence electrons. The molecule has 2 saturated carbocycles. The summed E-state index contributed by atoms with van der Waals surface area (Å²) in [6, 6.07) is 14.9. The van der Waals surface area contributed by atoms with E-state index in [1.165, 1.54) is 19.6 Å². The predicted molar refractivity (Wildman–Crippen MR) is 238 cm³/mol. The highest BCUT2D eigenvalue weighted by Crippen LogP contribution is 2.40. The van der Waals surface area contributed by atoms with Crippen molar-refractivity contribution >= 4 is 90.1 Å². The Labute approximate surface area is 357 Å². The van der Waals surface area contributed by atoms with Crippen molar-refractivity contribution in [2.75, 3.05) is 17.7 Å². The molecule has 0 bridgehead atoms. The second-order valence-electron chi connectivity index (χ2n) is 15.5. The first-order valence-corrected chi connectivity index (χ1v) is 20.8. The van der Waals surface area contributed by atoms with E-state index < -0.39 is 0 Å². The average molecular weight is 859 g/mol. The first-order valence-electron chi connectivity index (χ1n) is 20.0. The van der Waals surface area contributed by atoms with Gasteiger partial charge in [0.25, 0.3) is 17.0 Å². The highest BCUT2D eigenvalue weighted by molar-refractivity contribution is 6.35. The van der Waals surface area contributed by atoms with Gasteiger partial charge in [0.05, 0.1) is 49.2 Å². The van der Waals surface area contributed by atoms with Gasteiger partial charge in [0.2, 0.25) is 0 Å². The van der Waals surface area contributed by atoms with Crippen molar-refractivity contribution in [1.29, 1.82) is 0 Å². The Morgan fingerprint density at radius 3 is 1.56 bits per heavy atom. The number of hydrogen-bond acceptors (Lipinski definition) is 10. The topological polar surface area (TPSA) is 197 Å². The number of anilines is 2. The lowest BCUT2D eigenvalue weighted by atomic mass is 10.1. The molecule has 61 heavy (non-hydrogen) atoms. The predicted octanol–water partition coefficient (Wildman–Crippen LogP) is 8.43. The van der Waals surface area contributed by atoms with Gasteiger partial charge in [-0.15, -0.1) is 0 Å². The number of carbonyl (C=O) groups is 2. The van der Waals surface area contributed by atoms with Crippen LogP contribution in [0, 0.1) is 0 Å². The number of aromatic nitrogens is 8. The summed E-state index contributed by atoms with van der Waals surface area (Å²) in [7, 11) is 1.58. The number of halogens is 2. The van der Waals surface area contributed by atoms with Crippen LogP contribution in [0.1, 0.15) is 103 Å². The lowest BCUT2D eigenvalue weighted by molar-refractivity contribution is 0.0963. The smallest absolute Gasteiger partial charge is 0.260 e. The molecule has 6 heterocycles. The molecule has 10 rings (SSSR count). The van der Waals surface area contributed by atoms with Gasteiger partial charge in [-0.3, -0.25) is 19.2 Å². The minimum absolute atomic E-state index is 0.0665. The number of rotatable bonds is 10. The zero-order chi connectivity index (χ0) is 42.7. The van der Waals surface area contributed by atoms with Gasteiger partial charge in [-0.05, 0) is 81.5 Å². The Balaban J connectivity index is 0.000000156. The molecular formula is C44H41Cl2N11O4. The molecule has 15 nitrogen and oxygen atoms in total. The Morgan fingerprint density at radius 1 is 0.689 bits per heavy atom. The number of ketones is 1. The van der Waals surface area contributed by atoms with E-state index in [9.17, 15) is 19.2 Å². The van der Waals surface area contributed by atoms with Crippen molar-refractivity contribution in [3.8, 4) is 0 Å². The van der Waals surface area contributed by atoms with Crippen LogP contribution in [0.5, 0.6) is 0 Å². The van der Waals surface area contributed by atoms with Crippen molar-refractivity contribution in [3.63, 3.8) is 0 Å². The van der Waals surface area contributed by atoms with Crippen molar-refractivity contribution in [1.82, 2.24) is 44.4 Å². The third kappa shape index (κ3) is 7.27. The van der Waals surface area contributed by atoms with E-state index >= 15 is 0 Å². The molecule has 17 heteroatoms. The van der Waals surface area contributed by atoms with Crippen LogP contribution in [0.15, 0.2) is 83.2 Å².